The highest BCUT2D eigenvalue weighted by Gasteiger charge is 2.13. The van der Waals surface area contributed by atoms with Crippen molar-refractivity contribution in [3.05, 3.63) is 33.8 Å². The van der Waals surface area contributed by atoms with Gasteiger partial charge in [0, 0.05) is 26.2 Å². The molecule has 0 aliphatic rings. The molecule has 1 aromatic carbocycles. The number of hydrogen-bond acceptors (Lipinski definition) is 2. The number of hydrogen-bond donors (Lipinski definition) is 2. The summed E-state index contributed by atoms with van der Waals surface area (Å²) in [5, 5.41) is 12.6. The lowest BCUT2D eigenvalue weighted by Crippen LogP contribution is -2.40. The maximum atomic E-state index is 11.9. The summed E-state index contributed by atoms with van der Waals surface area (Å²) in [6.07, 6.45) is 0.540. The number of nitrogens with zero attached hydrogens (tertiary/aromatic N) is 1. The first-order valence-corrected chi connectivity index (χ1v) is 6.91. The smallest absolute Gasteiger partial charge is 0.317 e. The third-order valence-electron chi connectivity index (χ3n) is 2.56. The number of carbonyl (C=O) groups excluding carboxylic acids is 1. The van der Waals surface area contributed by atoms with Crippen molar-refractivity contribution in [2.24, 2.45) is 0 Å². The molecule has 0 saturated carbocycles. The van der Waals surface area contributed by atoms with Crippen molar-refractivity contribution in [3.63, 3.8) is 0 Å². The van der Waals surface area contributed by atoms with E-state index in [0.29, 0.717) is 36.1 Å². The fourth-order valence-electron chi connectivity index (χ4n) is 1.64. The standard InChI is InChI=1S/C13H18Cl2N2O2/c1-2-16-13(19)17(6-3-7-18)9-10-4-5-11(14)12(15)8-10/h4-5,8,18H,2-3,6-7,9H2,1H3,(H,16,19). The number of benzene rings is 1. The average molecular weight is 305 g/mol. The normalized spacial score (nSPS) is 10.3. The van der Waals surface area contributed by atoms with Gasteiger partial charge in [-0.25, -0.2) is 4.79 Å². The van der Waals surface area contributed by atoms with Crippen molar-refractivity contribution in [1.82, 2.24) is 10.2 Å². The summed E-state index contributed by atoms with van der Waals surface area (Å²) in [6, 6.07) is 5.14. The number of carbonyl (C=O) groups is 1. The van der Waals surface area contributed by atoms with E-state index in [2.05, 4.69) is 5.32 Å². The molecule has 0 fully saturated rings. The van der Waals surface area contributed by atoms with Crippen LogP contribution in [-0.2, 0) is 6.54 Å². The van der Waals surface area contributed by atoms with Crippen LogP contribution in [0.2, 0.25) is 10.0 Å². The van der Waals surface area contributed by atoms with Gasteiger partial charge in [0.15, 0.2) is 0 Å². The number of aliphatic hydroxyl groups is 1. The summed E-state index contributed by atoms with van der Waals surface area (Å²) < 4.78 is 0. The van der Waals surface area contributed by atoms with Crippen LogP contribution in [0.15, 0.2) is 18.2 Å². The van der Waals surface area contributed by atoms with Gasteiger partial charge in [0.2, 0.25) is 0 Å². The van der Waals surface area contributed by atoms with Crippen LogP contribution in [0, 0.1) is 0 Å². The van der Waals surface area contributed by atoms with E-state index in [1.807, 2.05) is 13.0 Å². The highest BCUT2D eigenvalue weighted by atomic mass is 35.5. The number of rotatable bonds is 6. The Labute approximate surface area is 123 Å². The third kappa shape index (κ3) is 5.27. The maximum Gasteiger partial charge on any atom is 0.317 e. The Morgan fingerprint density at radius 2 is 2.11 bits per heavy atom. The Balaban J connectivity index is 2.74. The summed E-state index contributed by atoms with van der Waals surface area (Å²) in [6.45, 7) is 3.40. The van der Waals surface area contributed by atoms with E-state index in [9.17, 15) is 4.79 Å². The van der Waals surface area contributed by atoms with Crippen molar-refractivity contribution in [2.75, 3.05) is 19.7 Å². The summed E-state index contributed by atoms with van der Waals surface area (Å²) in [5.74, 6) is 0. The van der Waals surface area contributed by atoms with Gasteiger partial charge in [0.05, 0.1) is 10.0 Å². The molecule has 2 amide bonds. The van der Waals surface area contributed by atoms with E-state index in [1.165, 1.54) is 0 Å². The van der Waals surface area contributed by atoms with Gasteiger partial charge in [-0.15, -0.1) is 0 Å². The van der Waals surface area contributed by atoms with Gasteiger partial charge in [-0.3, -0.25) is 0 Å². The fourth-order valence-corrected chi connectivity index (χ4v) is 1.96. The van der Waals surface area contributed by atoms with Crippen molar-refractivity contribution < 1.29 is 9.90 Å². The minimum Gasteiger partial charge on any atom is -0.396 e. The quantitative estimate of drug-likeness (QED) is 0.849. The van der Waals surface area contributed by atoms with E-state index in [-0.39, 0.29) is 12.6 Å². The lowest BCUT2D eigenvalue weighted by Gasteiger charge is -2.22. The number of halogens is 2. The molecule has 106 valence electrons. The largest absolute Gasteiger partial charge is 0.396 e. The molecule has 0 radical (unpaired) electrons. The highest BCUT2D eigenvalue weighted by Crippen LogP contribution is 2.23. The van der Waals surface area contributed by atoms with Crippen molar-refractivity contribution in [3.8, 4) is 0 Å². The molecule has 6 heteroatoms. The summed E-state index contributed by atoms with van der Waals surface area (Å²) in [7, 11) is 0. The van der Waals surface area contributed by atoms with Gasteiger partial charge >= 0.3 is 6.03 Å². The molecular formula is C13H18Cl2N2O2. The molecule has 1 aromatic rings. The molecule has 0 spiro atoms. The minimum absolute atomic E-state index is 0.0529. The van der Waals surface area contributed by atoms with E-state index < -0.39 is 0 Å². The summed E-state index contributed by atoms with van der Waals surface area (Å²) >= 11 is 11.8. The minimum atomic E-state index is -0.151. The lowest BCUT2D eigenvalue weighted by molar-refractivity contribution is 0.187. The van der Waals surface area contributed by atoms with Crippen LogP contribution in [0.1, 0.15) is 18.9 Å². The molecule has 0 unspecified atom stereocenters. The zero-order valence-electron chi connectivity index (χ0n) is 10.8. The van der Waals surface area contributed by atoms with E-state index in [4.69, 9.17) is 28.3 Å². The number of nitrogens with one attached hydrogen (secondary N) is 1. The van der Waals surface area contributed by atoms with Crippen LogP contribution in [0.4, 0.5) is 4.79 Å². The summed E-state index contributed by atoms with van der Waals surface area (Å²) in [5.41, 5.74) is 0.901. The molecule has 0 bridgehead atoms. The van der Waals surface area contributed by atoms with E-state index >= 15 is 0 Å². The van der Waals surface area contributed by atoms with Gasteiger partial charge in [-0.05, 0) is 31.0 Å². The van der Waals surface area contributed by atoms with Gasteiger partial charge in [-0.1, -0.05) is 29.3 Å². The van der Waals surface area contributed by atoms with Crippen molar-refractivity contribution in [1.29, 1.82) is 0 Å². The van der Waals surface area contributed by atoms with Crippen LogP contribution in [0.5, 0.6) is 0 Å². The molecule has 0 atom stereocenters. The molecule has 19 heavy (non-hydrogen) atoms. The lowest BCUT2D eigenvalue weighted by atomic mass is 10.2. The molecular weight excluding hydrogens is 287 g/mol. The molecule has 2 N–H and O–H groups in total. The maximum absolute atomic E-state index is 11.9. The Morgan fingerprint density at radius 1 is 1.37 bits per heavy atom. The Bertz CT molecular complexity index is 427. The van der Waals surface area contributed by atoms with Crippen LogP contribution in [-0.4, -0.2) is 35.7 Å². The zero-order valence-corrected chi connectivity index (χ0v) is 12.3. The Hall–Kier alpha value is -0.970. The molecule has 1 rings (SSSR count). The second-order valence-electron chi connectivity index (χ2n) is 4.08. The summed E-state index contributed by atoms with van der Waals surface area (Å²) in [4.78, 5) is 13.5. The molecule has 0 heterocycles. The van der Waals surface area contributed by atoms with Gasteiger partial charge in [0.1, 0.15) is 0 Å². The van der Waals surface area contributed by atoms with Gasteiger partial charge in [-0.2, -0.15) is 0 Å². The predicted octanol–water partition coefficient (Wildman–Crippen LogP) is 2.91. The first kappa shape index (κ1) is 16.1. The topological polar surface area (TPSA) is 52.6 Å². The molecule has 0 aliphatic heterocycles. The first-order chi connectivity index (χ1) is 9.08. The van der Waals surface area contributed by atoms with Crippen LogP contribution in [0.25, 0.3) is 0 Å². The number of urea groups is 1. The third-order valence-corrected chi connectivity index (χ3v) is 3.30. The zero-order chi connectivity index (χ0) is 14.3. The fraction of sp³-hybridized carbons (Fsp3) is 0.462. The van der Waals surface area contributed by atoms with E-state index in [1.54, 1.807) is 17.0 Å². The van der Waals surface area contributed by atoms with E-state index in [0.717, 1.165) is 5.56 Å². The number of amides is 2. The average Bonchev–Trinajstić information content (AvgIpc) is 2.39. The molecule has 4 nitrogen and oxygen atoms in total. The second kappa shape index (κ2) is 8.25. The van der Waals surface area contributed by atoms with Crippen LogP contribution in [0.3, 0.4) is 0 Å². The molecule has 0 aliphatic carbocycles. The van der Waals surface area contributed by atoms with Crippen LogP contribution >= 0.6 is 23.2 Å². The SMILES string of the molecule is CCNC(=O)N(CCCO)Cc1ccc(Cl)c(Cl)c1. The molecule has 0 aromatic heterocycles. The monoisotopic (exact) mass is 304 g/mol. The van der Waals surface area contributed by atoms with Crippen molar-refractivity contribution >= 4 is 29.2 Å². The Morgan fingerprint density at radius 3 is 2.68 bits per heavy atom. The molecule has 0 saturated heterocycles. The van der Waals surface area contributed by atoms with Crippen LogP contribution < -0.4 is 5.32 Å². The Kier molecular flexibility index (Phi) is 6.99. The number of aliphatic hydroxyl groups excluding tert-OH is 1. The van der Waals surface area contributed by atoms with Gasteiger partial charge in [0.25, 0.3) is 0 Å². The second-order valence-corrected chi connectivity index (χ2v) is 4.90. The predicted molar refractivity (Wildman–Crippen MR) is 77.6 cm³/mol. The first-order valence-electron chi connectivity index (χ1n) is 6.16. The van der Waals surface area contributed by atoms with Crippen molar-refractivity contribution in [2.45, 2.75) is 19.9 Å². The highest BCUT2D eigenvalue weighted by molar-refractivity contribution is 6.42. The van der Waals surface area contributed by atoms with Gasteiger partial charge < -0.3 is 15.3 Å².